The van der Waals surface area contributed by atoms with Gasteiger partial charge < -0.3 is 15.2 Å². The summed E-state index contributed by atoms with van der Waals surface area (Å²) in [7, 11) is 1.58. The first-order chi connectivity index (χ1) is 8.09. The van der Waals surface area contributed by atoms with Gasteiger partial charge in [-0.05, 0) is 6.92 Å². The largest absolute Gasteiger partial charge is 0.388 e. The van der Waals surface area contributed by atoms with Crippen LogP contribution in [0, 0.1) is 11.3 Å². The fourth-order valence-electron chi connectivity index (χ4n) is 1.23. The van der Waals surface area contributed by atoms with Crippen LogP contribution in [-0.2, 0) is 4.74 Å². The molecule has 1 unspecified atom stereocenters. The van der Waals surface area contributed by atoms with Crippen molar-refractivity contribution in [1.29, 1.82) is 5.26 Å². The zero-order valence-corrected chi connectivity index (χ0v) is 9.97. The van der Waals surface area contributed by atoms with Crippen LogP contribution >= 0.6 is 0 Å². The molecule has 92 valence electrons. The number of hydrogen-bond donors (Lipinski definition) is 2. The summed E-state index contributed by atoms with van der Waals surface area (Å²) in [4.78, 5) is 7.86. The summed E-state index contributed by atoms with van der Waals surface area (Å²) < 4.78 is 4.91. The molecule has 1 atom stereocenters. The number of ether oxygens (including phenoxy) is 1. The van der Waals surface area contributed by atoms with Crippen molar-refractivity contribution in [3.8, 4) is 6.07 Å². The van der Waals surface area contributed by atoms with Crippen molar-refractivity contribution in [2.45, 2.75) is 18.9 Å². The van der Waals surface area contributed by atoms with Gasteiger partial charge in [-0.25, -0.2) is 9.97 Å². The molecule has 1 aromatic rings. The molecular weight excluding hydrogens is 220 g/mol. The first kappa shape index (κ1) is 13.4. The Morgan fingerprint density at radius 1 is 1.53 bits per heavy atom. The van der Waals surface area contributed by atoms with Crippen LogP contribution in [0.25, 0.3) is 0 Å². The van der Waals surface area contributed by atoms with Gasteiger partial charge in [0.05, 0.1) is 5.60 Å². The van der Waals surface area contributed by atoms with Gasteiger partial charge in [0.2, 0.25) is 0 Å². The Bertz CT molecular complexity index is 401. The summed E-state index contributed by atoms with van der Waals surface area (Å²) in [6.07, 6.45) is 3.44. The number of nitrogens with zero attached hydrogens (tertiary/aromatic N) is 3. The van der Waals surface area contributed by atoms with Crippen molar-refractivity contribution in [2.75, 3.05) is 25.6 Å². The predicted molar refractivity (Wildman–Crippen MR) is 62.4 cm³/mol. The van der Waals surface area contributed by atoms with Crippen LogP contribution in [0.3, 0.4) is 0 Å². The van der Waals surface area contributed by atoms with E-state index in [9.17, 15) is 5.11 Å². The predicted octanol–water partition coefficient (Wildman–Crippen LogP) is 0.548. The molecule has 0 radical (unpaired) electrons. The molecule has 0 aliphatic heterocycles. The molecule has 0 aliphatic rings. The average molecular weight is 236 g/mol. The summed E-state index contributed by atoms with van der Waals surface area (Å²) in [6.45, 7) is 2.45. The standard InChI is InChI=1S/C11H16N4O2/c1-11(16,3-6-17-2)8-15-10-9(7-12)13-4-5-14-10/h4-5,16H,3,6,8H2,1-2H3,(H,14,15). The third-order valence-corrected chi connectivity index (χ3v) is 2.29. The lowest BCUT2D eigenvalue weighted by Crippen LogP contribution is -2.35. The normalized spacial score (nSPS) is 13.8. The maximum atomic E-state index is 10.00. The fourth-order valence-corrected chi connectivity index (χ4v) is 1.23. The van der Waals surface area contributed by atoms with Gasteiger partial charge in [-0.1, -0.05) is 0 Å². The highest BCUT2D eigenvalue weighted by molar-refractivity contribution is 5.46. The molecule has 0 fully saturated rings. The van der Waals surface area contributed by atoms with Crippen LogP contribution in [-0.4, -0.2) is 40.9 Å². The third kappa shape index (κ3) is 4.34. The number of hydrogen-bond acceptors (Lipinski definition) is 6. The van der Waals surface area contributed by atoms with Crippen molar-refractivity contribution in [3.63, 3.8) is 0 Å². The Morgan fingerprint density at radius 2 is 2.24 bits per heavy atom. The first-order valence-corrected chi connectivity index (χ1v) is 5.25. The van der Waals surface area contributed by atoms with Crippen LogP contribution in [0.1, 0.15) is 19.0 Å². The number of rotatable bonds is 6. The molecule has 1 heterocycles. The van der Waals surface area contributed by atoms with Crippen molar-refractivity contribution in [2.24, 2.45) is 0 Å². The van der Waals surface area contributed by atoms with E-state index in [1.54, 1.807) is 14.0 Å². The van der Waals surface area contributed by atoms with Gasteiger partial charge in [-0.3, -0.25) is 0 Å². The quantitative estimate of drug-likeness (QED) is 0.749. The van der Waals surface area contributed by atoms with E-state index in [4.69, 9.17) is 10.00 Å². The molecule has 6 heteroatoms. The van der Waals surface area contributed by atoms with E-state index in [1.165, 1.54) is 12.4 Å². The molecule has 0 saturated heterocycles. The van der Waals surface area contributed by atoms with Gasteiger partial charge >= 0.3 is 0 Å². The third-order valence-electron chi connectivity index (χ3n) is 2.29. The molecule has 0 saturated carbocycles. The molecule has 0 aliphatic carbocycles. The second-order valence-electron chi connectivity index (χ2n) is 3.96. The molecule has 1 rings (SSSR count). The first-order valence-electron chi connectivity index (χ1n) is 5.25. The summed E-state index contributed by atoms with van der Waals surface area (Å²) >= 11 is 0. The lowest BCUT2D eigenvalue weighted by molar-refractivity contribution is 0.0357. The van der Waals surface area contributed by atoms with Gasteiger partial charge in [0.15, 0.2) is 11.5 Å². The number of nitriles is 1. The van der Waals surface area contributed by atoms with Crippen molar-refractivity contribution in [3.05, 3.63) is 18.1 Å². The van der Waals surface area contributed by atoms with E-state index in [-0.39, 0.29) is 12.2 Å². The number of methoxy groups -OCH3 is 1. The second kappa shape index (κ2) is 6.13. The van der Waals surface area contributed by atoms with Gasteiger partial charge in [0.25, 0.3) is 0 Å². The minimum Gasteiger partial charge on any atom is -0.388 e. The smallest absolute Gasteiger partial charge is 0.182 e. The molecule has 0 amide bonds. The molecule has 6 nitrogen and oxygen atoms in total. The van der Waals surface area contributed by atoms with E-state index in [1.807, 2.05) is 6.07 Å². The monoisotopic (exact) mass is 236 g/mol. The van der Waals surface area contributed by atoms with E-state index in [2.05, 4.69) is 15.3 Å². The van der Waals surface area contributed by atoms with Gasteiger partial charge in [0, 0.05) is 39.1 Å². The summed E-state index contributed by atoms with van der Waals surface area (Å²) in [5.74, 6) is 0.382. The number of anilines is 1. The highest BCUT2D eigenvalue weighted by Crippen LogP contribution is 2.12. The van der Waals surface area contributed by atoms with Crippen molar-refractivity contribution < 1.29 is 9.84 Å². The van der Waals surface area contributed by atoms with E-state index >= 15 is 0 Å². The van der Waals surface area contributed by atoms with Gasteiger partial charge in [0.1, 0.15) is 6.07 Å². The topological polar surface area (TPSA) is 91.1 Å². The number of aliphatic hydroxyl groups is 1. The molecule has 0 bridgehead atoms. The van der Waals surface area contributed by atoms with Crippen molar-refractivity contribution >= 4 is 5.82 Å². The van der Waals surface area contributed by atoms with Crippen molar-refractivity contribution in [1.82, 2.24) is 9.97 Å². The Morgan fingerprint density at radius 3 is 2.88 bits per heavy atom. The van der Waals surface area contributed by atoms with Crippen LogP contribution in [0.2, 0.25) is 0 Å². The lowest BCUT2D eigenvalue weighted by atomic mass is 10.0. The Kier molecular flexibility index (Phi) is 4.82. The Hall–Kier alpha value is -1.71. The molecule has 0 aromatic carbocycles. The van der Waals surface area contributed by atoms with Crippen LogP contribution in [0.4, 0.5) is 5.82 Å². The van der Waals surface area contributed by atoms with Crippen LogP contribution < -0.4 is 5.32 Å². The van der Waals surface area contributed by atoms with E-state index in [0.29, 0.717) is 18.8 Å². The van der Waals surface area contributed by atoms with E-state index < -0.39 is 5.60 Å². The molecular formula is C11H16N4O2. The maximum Gasteiger partial charge on any atom is 0.182 e. The SMILES string of the molecule is COCCC(C)(O)CNc1nccnc1C#N. The van der Waals surface area contributed by atoms with Gasteiger partial charge in [-0.15, -0.1) is 0 Å². The Balaban J connectivity index is 2.58. The molecule has 0 spiro atoms. The minimum atomic E-state index is -0.916. The maximum absolute atomic E-state index is 10.00. The summed E-state index contributed by atoms with van der Waals surface area (Å²) in [5.41, 5.74) is -0.699. The van der Waals surface area contributed by atoms with Gasteiger partial charge in [-0.2, -0.15) is 5.26 Å². The lowest BCUT2D eigenvalue weighted by Gasteiger charge is -2.23. The van der Waals surface area contributed by atoms with E-state index in [0.717, 1.165) is 0 Å². The average Bonchev–Trinajstić information content (AvgIpc) is 2.34. The second-order valence-corrected chi connectivity index (χ2v) is 3.96. The number of nitrogens with one attached hydrogen (secondary N) is 1. The van der Waals surface area contributed by atoms with Crippen LogP contribution in [0.15, 0.2) is 12.4 Å². The minimum absolute atomic E-state index is 0.218. The molecule has 2 N–H and O–H groups in total. The highest BCUT2D eigenvalue weighted by Gasteiger charge is 2.20. The summed E-state index contributed by atoms with van der Waals surface area (Å²) in [6, 6.07) is 1.93. The summed E-state index contributed by atoms with van der Waals surface area (Å²) in [5, 5.41) is 21.7. The highest BCUT2D eigenvalue weighted by atomic mass is 16.5. The fraction of sp³-hybridized carbons (Fsp3) is 0.545. The molecule has 1 aromatic heterocycles. The zero-order chi connectivity index (χ0) is 12.7. The number of aromatic nitrogens is 2. The Labute approximate surface area is 100 Å². The zero-order valence-electron chi connectivity index (χ0n) is 9.97. The van der Waals surface area contributed by atoms with Crippen LogP contribution in [0.5, 0.6) is 0 Å². The molecule has 17 heavy (non-hydrogen) atoms.